The van der Waals surface area contributed by atoms with Gasteiger partial charge in [-0.05, 0) is 30.5 Å². The van der Waals surface area contributed by atoms with Crippen molar-refractivity contribution in [1.82, 2.24) is 4.90 Å². The van der Waals surface area contributed by atoms with Crippen LogP contribution in [0.3, 0.4) is 0 Å². The molecule has 0 aromatic heterocycles. The number of anilines is 1. The van der Waals surface area contributed by atoms with E-state index in [0.717, 1.165) is 19.7 Å². The van der Waals surface area contributed by atoms with Crippen molar-refractivity contribution in [1.29, 1.82) is 0 Å². The summed E-state index contributed by atoms with van der Waals surface area (Å²) in [4.78, 5) is 2.55. The maximum atomic E-state index is 6.10. The van der Waals surface area contributed by atoms with Crippen LogP contribution >= 0.6 is 11.6 Å². The Labute approximate surface area is 119 Å². The standard InChI is InChI=1S/C15H21ClN2O/c16-12-9-11(5-6-13(12)17)10-18-7-8-19-15-4-2-1-3-14(15)18/h5-6,9,14-15H,1-4,7-8,10,17H2. The molecule has 4 heteroatoms. The number of nitrogen functional groups attached to an aromatic ring is 1. The van der Waals surface area contributed by atoms with E-state index in [2.05, 4.69) is 11.0 Å². The van der Waals surface area contributed by atoms with Gasteiger partial charge in [-0.2, -0.15) is 0 Å². The molecular formula is C15H21ClN2O. The van der Waals surface area contributed by atoms with E-state index in [1.807, 2.05) is 12.1 Å². The van der Waals surface area contributed by atoms with Crippen LogP contribution in [0.4, 0.5) is 5.69 Å². The number of rotatable bonds is 2. The van der Waals surface area contributed by atoms with Gasteiger partial charge in [-0.3, -0.25) is 4.90 Å². The van der Waals surface area contributed by atoms with Crippen LogP contribution in [0.25, 0.3) is 0 Å². The predicted molar refractivity (Wildman–Crippen MR) is 78.3 cm³/mol. The number of hydrogen-bond acceptors (Lipinski definition) is 3. The molecule has 3 rings (SSSR count). The molecule has 0 amide bonds. The van der Waals surface area contributed by atoms with E-state index in [4.69, 9.17) is 22.1 Å². The zero-order valence-corrected chi connectivity index (χ0v) is 11.9. The monoisotopic (exact) mass is 280 g/mol. The molecule has 2 unspecified atom stereocenters. The first-order chi connectivity index (χ1) is 9.24. The summed E-state index contributed by atoms with van der Waals surface area (Å²) in [5.74, 6) is 0. The molecule has 1 saturated carbocycles. The first-order valence-electron chi connectivity index (χ1n) is 7.13. The second-order valence-corrected chi connectivity index (χ2v) is 5.99. The highest BCUT2D eigenvalue weighted by molar-refractivity contribution is 6.33. The molecule has 0 radical (unpaired) electrons. The van der Waals surface area contributed by atoms with Crippen LogP contribution in [0.1, 0.15) is 31.2 Å². The maximum Gasteiger partial charge on any atom is 0.0731 e. The third-order valence-corrected chi connectivity index (χ3v) is 4.62. The average molecular weight is 281 g/mol. The van der Waals surface area contributed by atoms with Crippen LogP contribution in [-0.2, 0) is 11.3 Å². The Balaban J connectivity index is 1.72. The van der Waals surface area contributed by atoms with Gasteiger partial charge in [-0.1, -0.05) is 30.5 Å². The number of morpholine rings is 1. The Kier molecular flexibility index (Phi) is 3.96. The molecule has 1 aliphatic heterocycles. The first kappa shape index (κ1) is 13.2. The van der Waals surface area contributed by atoms with Gasteiger partial charge in [0, 0.05) is 19.1 Å². The Morgan fingerprint density at radius 3 is 3.00 bits per heavy atom. The minimum Gasteiger partial charge on any atom is -0.398 e. The molecule has 1 aromatic carbocycles. The van der Waals surface area contributed by atoms with Gasteiger partial charge in [0.05, 0.1) is 23.4 Å². The molecular weight excluding hydrogens is 260 g/mol. The number of ether oxygens (including phenoxy) is 1. The van der Waals surface area contributed by atoms with Gasteiger partial charge < -0.3 is 10.5 Å². The van der Waals surface area contributed by atoms with Crippen LogP contribution in [0, 0.1) is 0 Å². The lowest BCUT2D eigenvalue weighted by molar-refractivity contribution is -0.0911. The summed E-state index contributed by atoms with van der Waals surface area (Å²) in [6.45, 7) is 2.82. The van der Waals surface area contributed by atoms with E-state index in [1.165, 1.54) is 31.2 Å². The van der Waals surface area contributed by atoms with Crippen LogP contribution in [0.2, 0.25) is 5.02 Å². The molecule has 1 saturated heterocycles. The van der Waals surface area contributed by atoms with Gasteiger partial charge in [-0.25, -0.2) is 0 Å². The Morgan fingerprint density at radius 1 is 1.32 bits per heavy atom. The molecule has 2 N–H and O–H groups in total. The molecule has 1 aromatic rings. The van der Waals surface area contributed by atoms with Gasteiger partial charge in [0.2, 0.25) is 0 Å². The highest BCUT2D eigenvalue weighted by Gasteiger charge is 2.33. The molecule has 3 nitrogen and oxygen atoms in total. The largest absolute Gasteiger partial charge is 0.398 e. The topological polar surface area (TPSA) is 38.5 Å². The van der Waals surface area contributed by atoms with E-state index in [-0.39, 0.29) is 0 Å². The summed E-state index contributed by atoms with van der Waals surface area (Å²) in [7, 11) is 0. The number of hydrogen-bond donors (Lipinski definition) is 1. The van der Waals surface area contributed by atoms with Crippen molar-refractivity contribution in [2.45, 2.75) is 44.4 Å². The smallest absolute Gasteiger partial charge is 0.0731 e. The van der Waals surface area contributed by atoms with Crippen LogP contribution in [0.15, 0.2) is 18.2 Å². The molecule has 2 atom stereocenters. The summed E-state index contributed by atoms with van der Waals surface area (Å²) < 4.78 is 5.90. The Hall–Kier alpha value is -0.770. The zero-order chi connectivity index (χ0) is 13.2. The Bertz CT molecular complexity index is 450. The quantitative estimate of drug-likeness (QED) is 0.846. The predicted octanol–water partition coefficient (Wildman–Crippen LogP) is 3.07. The molecule has 104 valence electrons. The first-order valence-corrected chi connectivity index (χ1v) is 7.51. The van der Waals surface area contributed by atoms with E-state index >= 15 is 0 Å². The van der Waals surface area contributed by atoms with Gasteiger partial charge >= 0.3 is 0 Å². The summed E-state index contributed by atoms with van der Waals surface area (Å²) >= 11 is 6.10. The number of nitrogens with two attached hydrogens (primary N) is 1. The van der Waals surface area contributed by atoms with E-state index in [1.54, 1.807) is 0 Å². The molecule has 1 aliphatic carbocycles. The molecule has 1 heterocycles. The summed E-state index contributed by atoms with van der Waals surface area (Å²) in [6, 6.07) is 6.55. The second kappa shape index (κ2) is 5.70. The lowest BCUT2D eigenvalue weighted by atomic mass is 9.90. The Morgan fingerprint density at radius 2 is 2.16 bits per heavy atom. The molecule has 0 spiro atoms. The molecule has 2 fully saturated rings. The van der Waals surface area contributed by atoms with Gasteiger partial charge in [0.15, 0.2) is 0 Å². The highest BCUT2D eigenvalue weighted by atomic mass is 35.5. The fourth-order valence-corrected chi connectivity index (χ4v) is 3.48. The van der Waals surface area contributed by atoms with E-state index in [9.17, 15) is 0 Å². The maximum absolute atomic E-state index is 6.10. The van der Waals surface area contributed by atoms with Gasteiger partial charge in [-0.15, -0.1) is 0 Å². The van der Waals surface area contributed by atoms with E-state index < -0.39 is 0 Å². The van der Waals surface area contributed by atoms with Crippen molar-refractivity contribution in [2.75, 3.05) is 18.9 Å². The van der Waals surface area contributed by atoms with Crippen LogP contribution in [0.5, 0.6) is 0 Å². The lowest BCUT2D eigenvalue weighted by Crippen LogP contribution is -2.52. The number of fused-ring (bicyclic) bond motifs is 1. The fraction of sp³-hybridized carbons (Fsp3) is 0.600. The average Bonchev–Trinajstić information content (AvgIpc) is 2.43. The third kappa shape index (κ3) is 2.88. The third-order valence-electron chi connectivity index (χ3n) is 4.30. The van der Waals surface area contributed by atoms with E-state index in [0.29, 0.717) is 22.9 Å². The summed E-state index contributed by atoms with van der Waals surface area (Å²) in [6.07, 6.45) is 5.54. The van der Waals surface area contributed by atoms with Crippen molar-refractivity contribution in [3.63, 3.8) is 0 Å². The van der Waals surface area contributed by atoms with Crippen molar-refractivity contribution >= 4 is 17.3 Å². The zero-order valence-electron chi connectivity index (χ0n) is 11.1. The fourth-order valence-electron chi connectivity index (χ4n) is 3.28. The molecule has 0 bridgehead atoms. The number of nitrogens with zero attached hydrogens (tertiary/aromatic N) is 1. The summed E-state index contributed by atoms with van der Waals surface area (Å²) in [5.41, 5.74) is 7.66. The van der Waals surface area contributed by atoms with Gasteiger partial charge in [0.25, 0.3) is 0 Å². The SMILES string of the molecule is Nc1ccc(CN2CCOC3CCCCC32)cc1Cl. The molecule has 19 heavy (non-hydrogen) atoms. The lowest BCUT2D eigenvalue weighted by Gasteiger charge is -2.43. The summed E-state index contributed by atoms with van der Waals surface area (Å²) in [5, 5.41) is 0.658. The highest BCUT2D eigenvalue weighted by Crippen LogP contribution is 2.30. The van der Waals surface area contributed by atoms with Crippen molar-refractivity contribution in [3.8, 4) is 0 Å². The van der Waals surface area contributed by atoms with Crippen molar-refractivity contribution < 1.29 is 4.74 Å². The van der Waals surface area contributed by atoms with Crippen LogP contribution in [-0.4, -0.2) is 30.2 Å². The van der Waals surface area contributed by atoms with Crippen molar-refractivity contribution in [2.24, 2.45) is 0 Å². The van der Waals surface area contributed by atoms with Crippen molar-refractivity contribution in [3.05, 3.63) is 28.8 Å². The molecule has 2 aliphatic rings. The minimum atomic E-state index is 0.437. The van der Waals surface area contributed by atoms with Crippen LogP contribution < -0.4 is 5.73 Å². The normalized spacial score (nSPS) is 28.1. The second-order valence-electron chi connectivity index (χ2n) is 5.59. The van der Waals surface area contributed by atoms with Gasteiger partial charge in [0.1, 0.15) is 0 Å². The number of halogens is 1. The number of benzene rings is 1. The minimum absolute atomic E-state index is 0.437.